The van der Waals surface area contributed by atoms with Gasteiger partial charge in [-0.15, -0.1) is 0 Å². The number of nitrogens with zero attached hydrogens (tertiary/aromatic N) is 1. The number of aryl methyl sites for hydroxylation is 1. The van der Waals surface area contributed by atoms with Crippen molar-refractivity contribution in [2.75, 3.05) is 26.7 Å². The number of rotatable bonds is 4. The predicted molar refractivity (Wildman–Crippen MR) is 78.7 cm³/mol. The van der Waals surface area contributed by atoms with Gasteiger partial charge < -0.3 is 10.5 Å². The molecular formula is C13H19ClN2O3S. The Balaban J connectivity index is 2.38. The molecule has 5 nitrogen and oxygen atoms in total. The molecule has 0 bridgehead atoms. The van der Waals surface area contributed by atoms with Gasteiger partial charge in [0.1, 0.15) is 5.75 Å². The molecule has 112 valence electrons. The third-order valence-corrected chi connectivity index (χ3v) is 5.95. The van der Waals surface area contributed by atoms with Gasteiger partial charge in [-0.2, -0.15) is 4.31 Å². The normalized spacial score (nSPS) is 20.3. The lowest BCUT2D eigenvalue weighted by molar-refractivity contribution is 0.414. The third-order valence-electron chi connectivity index (χ3n) is 3.65. The highest BCUT2D eigenvalue weighted by Crippen LogP contribution is 2.33. The van der Waals surface area contributed by atoms with Crippen LogP contribution in [0.25, 0.3) is 0 Å². The second-order valence-electron chi connectivity index (χ2n) is 5.01. The van der Waals surface area contributed by atoms with Crippen LogP contribution in [0.5, 0.6) is 5.75 Å². The quantitative estimate of drug-likeness (QED) is 0.915. The van der Waals surface area contributed by atoms with Gasteiger partial charge in [-0.1, -0.05) is 11.6 Å². The largest absolute Gasteiger partial charge is 0.495 e. The van der Waals surface area contributed by atoms with E-state index in [1.165, 1.54) is 17.5 Å². The Morgan fingerprint density at radius 1 is 1.50 bits per heavy atom. The number of hydrogen-bond acceptors (Lipinski definition) is 4. The summed E-state index contributed by atoms with van der Waals surface area (Å²) >= 11 is 6.04. The topological polar surface area (TPSA) is 72.6 Å². The van der Waals surface area contributed by atoms with E-state index in [-0.39, 0.29) is 10.8 Å². The number of sulfonamides is 1. The van der Waals surface area contributed by atoms with Crippen LogP contribution in [-0.4, -0.2) is 39.5 Å². The monoisotopic (exact) mass is 318 g/mol. The Kier molecular flexibility index (Phi) is 4.59. The van der Waals surface area contributed by atoms with Gasteiger partial charge in [-0.3, -0.25) is 0 Å². The number of ether oxygens (including phenoxy) is 1. The molecule has 0 aromatic heterocycles. The number of methoxy groups -OCH3 is 1. The molecule has 0 aliphatic carbocycles. The van der Waals surface area contributed by atoms with Gasteiger partial charge in [0.05, 0.1) is 17.0 Å². The summed E-state index contributed by atoms with van der Waals surface area (Å²) in [5.41, 5.74) is 6.24. The van der Waals surface area contributed by atoms with E-state index < -0.39 is 10.0 Å². The summed E-state index contributed by atoms with van der Waals surface area (Å²) in [6, 6.07) is 3.10. The summed E-state index contributed by atoms with van der Waals surface area (Å²) in [6.07, 6.45) is 0.804. The highest BCUT2D eigenvalue weighted by molar-refractivity contribution is 7.89. The van der Waals surface area contributed by atoms with Gasteiger partial charge in [0.2, 0.25) is 10.0 Å². The standard InChI is InChI=1S/C13H19ClN2O3S/c1-9-5-12(19-2)11(14)6-13(9)20(17,18)16-4-3-10(7-15)8-16/h5-6,10H,3-4,7-8,15H2,1-2H3. The first kappa shape index (κ1) is 15.6. The minimum Gasteiger partial charge on any atom is -0.495 e. The molecule has 1 atom stereocenters. The molecule has 0 saturated carbocycles. The van der Waals surface area contributed by atoms with Gasteiger partial charge in [-0.05, 0) is 43.5 Å². The lowest BCUT2D eigenvalue weighted by atomic mass is 10.1. The van der Waals surface area contributed by atoms with Crippen LogP contribution >= 0.6 is 11.6 Å². The van der Waals surface area contributed by atoms with Crippen LogP contribution in [0.15, 0.2) is 17.0 Å². The molecule has 1 aliphatic rings. The van der Waals surface area contributed by atoms with Crippen molar-refractivity contribution in [1.82, 2.24) is 4.31 Å². The van der Waals surface area contributed by atoms with E-state index in [1.54, 1.807) is 13.0 Å². The maximum absolute atomic E-state index is 12.7. The Labute approximate surface area is 124 Å². The summed E-state index contributed by atoms with van der Waals surface area (Å²) in [5, 5.41) is 0.297. The summed E-state index contributed by atoms with van der Waals surface area (Å²) < 4.78 is 31.9. The fraction of sp³-hybridized carbons (Fsp3) is 0.538. The average molecular weight is 319 g/mol. The maximum atomic E-state index is 12.7. The van der Waals surface area contributed by atoms with Gasteiger partial charge in [0, 0.05) is 13.1 Å². The Morgan fingerprint density at radius 3 is 2.75 bits per heavy atom. The van der Waals surface area contributed by atoms with E-state index in [1.807, 2.05) is 0 Å². The fourth-order valence-corrected chi connectivity index (χ4v) is 4.49. The van der Waals surface area contributed by atoms with Crippen molar-refractivity contribution in [3.05, 3.63) is 22.7 Å². The Hall–Kier alpha value is -0.820. The summed E-state index contributed by atoms with van der Waals surface area (Å²) in [6.45, 7) is 3.23. The summed E-state index contributed by atoms with van der Waals surface area (Å²) in [5.74, 6) is 0.711. The van der Waals surface area contributed by atoms with E-state index >= 15 is 0 Å². The fourth-order valence-electron chi connectivity index (χ4n) is 2.42. The van der Waals surface area contributed by atoms with E-state index in [9.17, 15) is 8.42 Å². The van der Waals surface area contributed by atoms with Crippen molar-refractivity contribution in [1.29, 1.82) is 0 Å². The minimum atomic E-state index is -3.52. The average Bonchev–Trinajstić information content (AvgIpc) is 2.90. The zero-order valence-electron chi connectivity index (χ0n) is 11.6. The molecule has 1 fully saturated rings. The van der Waals surface area contributed by atoms with Crippen molar-refractivity contribution >= 4 is 21.6 Å². The van der Waals surface area contributed by atoms with Crippen LogP contribution in [-0.2, 0) is 10.0 Å². The van der Waals surface area contributed by atoms with Gasteiger partial charge in [-0.25, -0.2) is 8.42 Å². The molecule has 0 radical (unpaired) electrons. The first-order valence-electron chi connectivity index (χ1n) is 6.44. The zero-order chi connectivity index (χ0) is 14.9. The van der Waals surface area contributed by atoms with E-state index in [2.05, 4.69) is 0 Å². The van der Waals surface area contributed by atoms with Crippen LogP contribution in [0, 0.1) is 12.8 Å². The zero-order valence-corrected chi connectivity index (χ0v) is 13.2. The summed E-state index contributed by atoms with van der Waals surface area (Å²) in [7, 11) is -2.02. The molecule has 20 heavy (non-hydrogen) atoms. The van der Waals surface area contributed by atoms with Crippen molar-refractivity contribution < 1.29 is 13.2 Å². The molecule has 1 unspecified atom stereocenters. The molecule has 2 rings (SSSR count). The van der Waals surface area contributed by atoms with Crippen molar-refractivity contribution in [3.8, 4) is 5.75 Å². The van der Waals surface area contributed by atoms with Crippen LogP contribution in [0.3, 0.4) is 0 Å². The van der Waals surface area contributed by atoms with Gasteiger partial charge in [0.25, 0.3) is 0 Å². The van der Waals surface area contributed by atoms with Gasteiger partial charge >= 0.3 is 0 Å². The Morgan fingerprint density at radius 2 is 2.20 bits per heavy atom. The first-order valence-corrected chi connectivity index (χ1v) is 8.26. The van der Waals surface area contributed by atoms with E-state index in [4.69, 9.17) is 22.1 Å². The minimum absolute atomic E-state index is 0.235. The molecule has 1 aromatic carbocycles. The number of nitrogens with two attached hydrogens (primary N) is 1. The molecule has 0 spiro atoms. The molecule has 1 aliphatic heterocycles. The number of benzene rings is 1. The Bertz CT molecular complexity index is 604. The highest BCUT2D eigenvalue weighted by atomic mass is 35.5. The van der Waals surface area contributed by atoms with Crippen LogP contribution in [0.4, 0.5) is 0 Å². The lowest BCUT2D eigenvalue weighted by Gasteiger charge is -2.18. The number of halogens is 1. The van der Waals surface area contributed by atoms with Crippen molar-refractivity contribution in [2.24, 2.45) is 11.7 Å². The SMILES string of the molecule is COc1cc(C)c(S(=O)(=O)N2CCC(CN)C2)cc1Cl. The van der Waals surface area contributed by atoms with Crippen molar-refractivity contribution in [3.63, 3.8) is 0 Å². The van der Waals surface area contributed by atoms with Crippen molar-refractivity contribution in [2.45, 2.75) is 18.2 Å². The van der Waals surface area contributed by atoms with Crippen LogP contribution in [0.2, 0.25) is 5.02 Å². The molecule has 1 saturated heterocycles. The smallest absolute Gasteiger partial charge is 0.243 e. The third kappa shape index (κ3) is 2.79. The first-order chi connectivity index (χ1) is 9.40. The summed E-state index contributed by atoms with van der Waals surface area (Å²) in [4.78, 5) is 0.237. The van der Waals surface area contributed by atoms with E-state index in [0.717, 1.165) is 6.42 Å². The second-order valence-corrected chi connectivity index (χ2v) is 7.32. The predicted octanol–water partition coefficient (Wildman–Crippen LogP) is 1.63. The highest BCUT2D eigenvalue weighted by Gasteiger charge is 2.33. The molecule has 7 heteroatoms. The molecule has 2 N–H and O–H groups in total. The van der Waals surface area contributed by atoms with Crippen LogP contribution in [0.1, 0.15) is 12.0 Å². The molecular weight excluding hydrogens is 300 g/mol. The van der Waals surface area contributed by atoms with E-state index in [0.29, 0.717) is 36.0 Å². The van der Waals surface area contributed by atoms with Crippen LogP contribution < -0.4 is 10.5 Å². The maximum Gasteiger partial charge on any atom is 0.243 e. The molecule has 1 aromatic rings. The number of hydrogen-bond donors (Lipinski definition) is 1. The second kappa shape index (κ2) is 5.89. The van der Waals surface area contributed by atoms with Gasteiger partial charge in [0.15, 0.2) is 0 Å². The molecule has 1 heterocycles. The lowest BCUT2D eigenvalue weighted by Crippen LogP contribution is -2.30. The molecule has 0 amide bonds.